The van der Waals surface area contributed by atoms with Crippen molar-refractivity contribution >= 4 is 11.7 Å². The zero-order chi connectivity index (χ0) is 13.8. The molecule has 1 saturated heterocycles. The van der Waals surface area contributed by atoms with E-state index >= 15 is 0 Å². The third-order valence-corrected chi connectivity index (χ3v) is 3.20. The maximum Gasteiger partial charge on any atom is 0.328 e. The molecule has 1 fully saturated rings. The second-order valence-corrected chi connectivity index (χ2v) is 4.38. The Kier molecular flexibility index (Phi) is 4.00. The first kappa shape index (κ1) is 13.3. The van der Waals surface area contributed by atoms with Crippen LogP contribution in [0.4, 0.5) is 10.1 Å². The van der Waals surface area contributed by atoms with Gasteiger partial charge in [-0.3, -0.25) is 0 Å². The van der Waals surface area contributed by atoms with Crippen LogP contribution in [0.3, 0.4) is 0 Å². The van der Waals surface area contributed by atoms with Crippen LogP contribution in [0.25, 0.3) is 0 Å². The summed E-state index contributed by atoms with van der Waals surface area (Å²) in [4.78, 5) is 13.5. The molecule has 0 spiro atoms. The van der Waals surface area contributed by atoms with Gasteiger partial charge in [0, 0.05) is 6.54 Å². The Balaban J connectivity index is 2.25. The van der Waals surface area contributed by atoms with Crippen molar-refractivity contribution < 1.29 is 13.9 Å². The van der Waals surface area contributed by atoms with Gasteiger partial charge in [-0.2, -0.15) is 5.26 Å². The van der Waals surface area contributed by atoms with Crippen molar-refractivity contribution in [1.82, 2.24) is 0 Å². The van der Waals surface area contributed by atoms with Crippen LogP contribution >= 0.6 is 0 Å². The molecule has 1 aliphatic rings. The quantitative estimate of drug-likeness (QED) is 0.784. The van der Waals surface area contributed by atoms with E-state index in [1.165, 1.54) is 6.07 Å². The maximum atomic E-state index is 14.0. The lowest BCUT2D eigenvalue weighted by Gasteiger charge is -2.25. The van der Waals surface area contributed by atoms with Crippen LogP contribution in [0.15, 0.2) is 18.2 Å². The summed E-state index contributed by atoms with van der Waals surface area (Å²) in [6.07, 6.45) is 1.49. The zero-order valence-corrected chi connectivity index (χ0v) is 10.7. The first-order chi connectivity index (χ1) is 9.17. The highest BCUT2D eigenvalue weighted by Gasteiger charge is 2.33. The highest BCUT2D eigenvalue weighted by molar-refractivity contribution is 5.81. The number of benzene rings is 1. The Hall–Kier alpha value is -2.09. The second-order valence-electron chi connectivity index (χ2n) is 4.38. The number of ether oxygens (including phenoxy) is 1. The van der Waals surface area contributed by atoms with Crippen molar-refractivity contribution in [3.05, 3.63) is 29.6 Å². The molecule has 19 heavy (non-hydrogen) atoms. The number of esters is 1. The first-order valence-electron chi connectivity index (χ1n) is 6.30. The van der Waals surface area contributed by atoms with Gasteiger partial charge in [0.05, 0.1) is 23.9 Å². The third kappa shape index (κ3) is 2.68. The van der Waals surface area contributed by atoms with Crippen molar-refractivity contribution in [3.8, 4) is 6.07 Å². The summed E-state index contributed by atoms with van der Waals surface area (Å²) in [5.41, 5.74) is 0.627. The Bertz CT molecular complexity index is 525. The van der Waals surface area contributed by atoms with Gasteiger partial charge in [-0.1, -0.05) is 0 Å². The molecule has 0 amide bonds. The average molecular weight is 262 g/mol. The number of carbonyl (C=O) groups excluding carboxylic acids is 1. The number of carbonyl (C=O) groups is 1. The van der Waals surface area contributed by atoms with Crippen LogP contribution in [0.2, 0.25) is 0 Å². The molecule has 1 aromatic rings. The summed E-state index contributed by atoms with van der Waals surface area (Å²) < 4.78 is 19.0. The molecule has 1 aliphatic heterocycles. The summed E-state index contributed by atoms with van der Waals surface area (Å²) >= 11 is 0. The van der Waals surface area contributed by atoms with Crippen molar-refractivity contribution in [2.24, 2.45) is 0 Å². The topological polar surface area (TPSA) is 53.3 Å². The van der Waals surface area contributed by atoms with Gasteiger partial charge >= 0.3 is 5.97 Å². The van der Waals surface area contributed by atoms with Gasteiger partial charge in [0.1, 0.15) is 11.9 Å². The van der Waals surface area contributed by atoms with Crippen LogP contribution in [-0.4, -0.2) is 25.2 Å². The fourth-order valence-corrected chi connectivity index (χ4v) is 2.35. The van der Waals surface area contributed by atoms with E-state index < -0.39 is 11.9 Å². The van der Waals surface area contributed by atoms with E-state index in [0.29, 0.717) is 25.3 Å². The molecule has 100 valence electrons. The van der Waals surface area contributed by atoms with Crippen LogP contribution in [0.1, 0.15) is 25.3 Å². The summed E-state index contributed by atoms with van der Waals surface area (Å²) in [7, 11) is 0. The van der Waals surface area contributed by atoms with Crippen molar-refractivity contribution in [2.75, 3.05) is 18.1 Å². The minimum atomic E-state index is -0.477. The lowest BCUT2D eigenvalue weighted by atomic mass is 10.1. The van der Waals surface area contributed by atoms with Crippen molar-refractivity contribution in [1.29, 1.82) is 5.26 Å². The van der Waals surface area contributed by atoms with Crippen LogP contribution < -0.4 is 4.90 Å². The van der Waals surface area contributed by atoms with Gasteiger partial charge < -0.3 is 9.64 Å². The number of rotatable bonds is 3. The minimum Gasteiger partial charge on any atom is -0.464 e. The molecular formula is C14H15FN2O2. The van der Waals surface area contributed by atoms with E-state index in [1.807, 2.05) is 6.07 Å². The Morgan fingerprint density at radius 1 is 1.63 bits per heavy atom. The average Bonchev–Trinajstić information content (AvgIpc) is 2.88. The predicted octanol–water partition coefficient (Wildman–Crippen LogP) is 2.23. The molecule has 1 aromatic carbocycles. The van der Waals surface area contributed by atoms with E-state index in [-0.39, 0.29) is 11.5 Å². The van der Waals surface area contributed by atoms with E-state index in [1.54, 1.807) is 24.0 Å². The molecule has 0 saturated carbocycles. The zero-order valence-electron chi connectivity index (χ0n) is 10.7. The largest absolute Gasteiger partial charge is 0.464 e. The summed E-state index contributed by atoms with van der Waals surface area (Å²) in [5, 5.41) is 8.72. The van der Waals surface area contributed by atoms with Gasteiger partial charge in [0.15, 0.2) is 0 Å². The molecule has 2 rings (SSSR count). The van der Waals surface area contributed by atoms with E-state index in [0.717, 1.165) is 6.42 Å². The molecule has 1 unspecified atom stereocenters. The third-order valence-electron chi connectivity index (χ3n) is 3.20. The molecule has 5 heteroatoms. The molecule has 0 bridgehead atoms. The van der Waals surface area contributed by atoms with Gasteiger partial charge in [-0.15, -0.1) is 0 Å². The fraction of sp³-hybridized carbons (Fsp3) is 0.429. The van der Waals surface area contributed by atoms with Crippen molar-refractivity contribution in [2.45, 2.75) is 25.8 Å². The second kappa shape index (κ2) is 5.70. The fourth-order valence-electron chi connectivity index (χ4n) is 2.35. The van der Waals surface area contributed by atoms with Crippen LogP contribution in [-0.2, 0) is 9.53 Å². The minimum absolute atomic E-state index is 0.271. The maximum absolute atomic E-state index is 14.0. The summed E-state index contributed by atoms with van der Waals surface area (Å²) in [6, 6.07) is 5.75. The number of hydrogen-bond acceptors (Lipinski definition) is 4. The van der Waals surface area contributed by atoms with Gasteiger partial charge in [-0.25, -0.2) is 9.18 Å². The number of anilines is 1. The SMILES string of the molecule is CCOC(=O)C1CCCN1c1ccc(C#N)cc1F. The van der Waals surface area contributed by atoms with Gasteiger partial charge in [0.2, 0.25) is 0 Å². The summed E-state index contributed by atoms with van der Waals surface area (Å²) in [5.74, 6) is -0.793. The molecule has 0 radical (unpaired) electrons. The van der Waals surface area contributed by atoms with Crippen LogP contribution in [0.5, 0.6) is 0 Å². The number of nitrogens with zero attached hydrogens (tertiary/aromatic N) is 2. The van der Waals surface area contributed by atoms with E-state index in [4.69, 9.17) is 10.00 Å². The van der Waals surface area contributed by atoms with Crippen LogP contribution in [0, 0.1) is 17.1 Å². The standard InChI is InChI=1S/C14H15FN2O2/c1-2-19-14(18)13-4-3-7-17(13)12-6-5-10(9-16)8-11(12)15/h5-6,8,13H,2-4,7H2,1H3. The number of hydrogen-bond donors (Lipinski definition) is 0. The molecule has 0 aliphatic carbocycles. The first-order valence-corrected chi connectivity index (χ1v) is 6.30. The molecule has 0 N–H and O–H groups in total. The van der Waals surface area contributed by atoms with E-state index in [2.05, 4.69) is 0 Å². The van der Waals surface area contributed by atoms with Crippen molar-refractivity contribution in [3.63, 3.8) is 0 Å². The molecule has 1 atom stereocenters. The molecular weight excluding hydrogens is 247 g/mol. The monoisotopic (exact) mass is 262 g/mol. The number of halogens is 1. The lowest BCUT2D eigenvalue weighted by Crippen LogP contribution is -2.37. The predicted molar refractivity (Wildman–Crippen MR) is 68.1 cm³/mol. The molecule has 1 heterocycles. The normalized spacial score (nSPS) is 18.2. The lowest BCUT2D eigenvalue weighted by molar-refractivity contribution is -0.144. The van der Waals surface area contributed by atoms with E-state index in [9.17, 15) is 9.18 Å². The highest BCUT2D eigenvalue weighted by atomic mass is 19.1. The smallest absolute Gasteiger partial charge is 0.328 e. The van der Waals surface area contributed by atoms with Gasteiger partial charge in [-0.05, 0) is 38.0 Å². The molecule has 4 nitrogen and oxygen atoms in total. The molecule has 0 aromatic heterocycles. The Morgan fingerprint density at radius 2 is 2.42 bits per heavy atom. The van der Waals surface area contributed by atoms with Gasteiger partial charge in [0.25, 0.3) is 0 Å². The Morgan fingerprint density at radius 3 is 3.05 bits per heavy atom. The summed E-state index contributed by atoms with van der Waals surface area (Å²) in [6.45, 7) is 2.69. The highest BCUT2D eigenvalue weighted by Crippen LogP contribution is 2.29. The number of nitriles is 1. The Labute approximate surface area is 111 Å².